The summed E-state index contributed by atoms with van der Waals surface area (Å²) in [6, 6.07) is 1.70. The first-order valence-corrected chi connectivity index (χ1v) is 3.11. The van der Waals surface area contributed by atoms with Crippen molar-refractivity contribution in [1.29, 1.82) is 0 Å². The third-order valence-electron chi connectivity index (χ3n) is 1.21. The maximum absolute atomic E-state index is 11.9. The molecule has 3 nitrogen and oxygen atoms in total. The summed E-state index contributed by atoms with van der Waals surface area (Å²) in [5.41, 5.74) is -0.897. The number of pyridine rings is 1. The van der Waals surface area contributed by atoms with Crippen molar-refractivity contribution in [3.8, 4) is 5.88 Å². The van der Waals surface area contributed by atoms with Crippen LogP contribution in [0.4, 0.5) is 13.2 Å². The maximum Gasteiger partial charge on any atom is 0.424 e. The van der Waals surface area contributed by atoms with Gasteiger partial charge in [-0.25, -0.2) is 9.78 Å². The normalized spacial score (nSPS) is 11.0. The molecule has 1 aromatic rings. The molecule has 0 aliphatic rings. The number of alkyl halides is 3. The molecule has 0 fully saturated rings. The first-order valence-electron chi connectivity index (χ1n) is 3.11. The minimum absolute atomic E-state index is 0.219. The van der Waals surface area contributed by atoms with Crippen LogP contribution in [-0.4, -0.2) is 11.5 Å². The first kappa shape index (κ1) is 9.50. The van der Waals surface area contributed by atoms with Crippen LogP contribution in [0.1, 0.15) is 5.56 Å². The summed E-state index contributed by atoms with van der Waals surface area (Å²) in [6.07, 6.45) is -3.86. The highest BCUT2D eigenvalue weighted by Crippen LogP contribution is 2.28. The molecule has 1 radical (unpaired) electrons. The summed E-state index contributed by atoms with van der Waals surface area (Å²) < 4.78 is 39.9. The van der Waals surface area contributed by atoms with E-state index in [1.807, 2.05) is 0 Å². The van der Waals surface area contributed by atoms with Gasteiger partial charge in [0.1, 0.15) is 0 Å². The fourth-order valence-corrected chi connectivity index (χ4v) is 0.651. The Labute approximate surface area is 71.2 Å². The van der Waals surface area contributed by atoms with E-state index in [0.717, 1.165) is 18.6 Å². The van der Waals surface area contributed by atoms with Gasteiger partial charge in [0.2, 0.25) is 5.88 Å². The van der Waals surface area contributed by atoms with E-state index in [2.05, 4.69) is 9.72 Å². The van der Waals surface area contributed by atoms with Crippen LogP contribution in [0.3, 0.4) is 0 Å². The predicted octanol–water partition coefficient (Wildman–Crippen LogP) is 1.55. The summed E-state index contributed by atoms with van der Waals surface area (Å²) in [7, 11) is 0. The number of hydrogen-bond acceptors (Lipinski definition) is 3. The highest BCUT2D eigenvalue weighted by atomic mass is 19.4. The summed E-state index contributed by atoms with van der Waals surface area (Å²) in [4.78, 5) is 12.9. The molecule has 0 N–H and O–H groups in total. The molecule has 6 heteroatoms. The van der Waals surface area contributed by atoms with Gasteiger partial charge < -0.3 is 4.74 Å². The van der Waals surface area contributed by atoms with Gasteiger partial charge in [0, 0.05) is 12.3 Å². The van der Waals surface area contributed by atoms with E-state index in [0.29, 0.717) is 6.20 Å². The van der Waals surface area contributed by atoms with Crippen LogP contribution in [0, 0.1) is 0 Å². The van der Waals surface area contributed by atoms with Crippen molar-refractivity contribution in [3.63, 3.8) is 0 Å². The molecule has 0 unspecified atom stereocenters. The molecule has 0 atom stereocenters. The van der Waals surface area contributed by atoms with Crippen molar-refractivity contribution in [2.45, 2.75) is 6.18 Å². The molecular formula is C7H3F3NO2. The van der Waals surface area contributed by atoms with Gasteiger partial charge in [0.05, 0.1) is 5.56 Å². The standard InChI is InChI=1S/C7H3F3NO2/c8-7(9,10)5-1-2-6(11-3-5)13-4-12/h1-3H. The third kappa shape index (κ3) is 2.43. The van der Waals surface area contributed by atoms with Gasteiger partial charge in [0.25, 0.3) is 0 Å². The molecule has 0 amide bonds. The van der Waals surface area contributed by atoms with E-state index >= 15 is 0 Å². The van der Waals surface area contributed by atoms with Crippen LogP contribution in [-0.2, 0) is 11.0 Å². The molecule has 0 aliphatic heterocycles. The van der Waals surface area contributed by atoms with E-state index in [1.165, 1.54) is 0 Å². The van der Waals surface area contributed by atoms with E-state index in [4.69, 9.17) is 0 Å². The minimum atomic E-state index is -4.43. The average molecular weight is 190 g/mol. The van der Waals surface area contributed by atoms with Gasteiger partial charge >= 0.3 is 12.6 Å². The van der Waals surface area contributed by atoms with Gasteiger partial charge in [-0.3, -0.25) is 0 Å². The molecule has 0 bridgehead atoms. The number of rotatable bonds is 2. The third-order valence-corrected chi connectivity index (χ3v) is 1.21. The lowest BCUT2D eigenvalue weighted by Gasteiger charge is -2.04. The lowest BCUT2D eigenvalue weighted by atomic mass is 10.3. The molecule has 1 rings (SSSR count). The fourth-order valence-electron chi connectivity index (χ4n) is 0.651. The van der Waals surface area contributed by atoms with Gasteiger partial charge in [-0.1, -0.05) is 0 Å². The second-order valence-corrected chi connectivity index (χ2v) is 2.07. The van der Waals surface area contributed by atoms with Crippen molar-refractivity contribution < 1.29 is 22.7 Å². The monoisotopic (exact) mass is 190 g/mol. The van der Waals surface area contributed by atoms with Gasteiger partial charge in [0.15, 0.2) is 0 Å². The molecule has 69 valence electrons. The molecule has 0 aromatic carbocycles. The van der Waals surface area contributed by atoms with Crippen LogP contribution < -0.4 is 4.74 Å². The summed E-state index contributed by atoms with van der Waals surface area (Å²) in [6.45, 7) is 1.05. The molecule has 1 aromatic heterocycles. The van der Waals surface area contributed by atoms with E-state index in [-0.39, 0.29) is 5.88 Å². The number of nitrogens with zero attached hydrogens (tertiary/aromatic N) is 1. The summed E-state index contributed by atoms with van der Waals surface area (Å²) in [5.74, 6) is -0.219. The lowest BCUT2D eigenvalue weighted by molar-refractivity contribution is -0.137. The summed E-state index contributed by atoms with van der Waals surface area (Å²) >= 11 is 0. The molecule has 0 saturated heterocycles. The Balaban J connectivity index is 2.87. The number of hydrogen-bond donors (Lipinski definition) is 0. The Morgan fingerprint density at radius 3 is 2.46 bits per heavy atom. The zero-order chi connectivity index (χ0) is 9.90. The van der Waals surface area contributed by atoms with E-state index < -0.39 is 11.7 Å². The molecule has 13 heavy (non-hydrogen) atoms. The maximum atomic E-state index is 11.9. The van der Waals surface area contributed by atoms with Crippen LogP contribution >= 0.6 is 0 Å². The van der Waals surface area contributed by atoms with Crippen molar-refractivity contribution in [1.82, 2.24) is 4.98 Å². The van der Waals surface area contributed by atoms with Crippen molar-refractivity contribution in [3.05, 3.63) is 23.9 Å². The fraction of sp³-hybridized carbons (Fsp3) is 0.143. The van der Waals surface area contributed by atoms with Crippen LogP contribution in [0.25, 0.3) is 0 Å². The Kier molecular flexibility index (Phi) is 2.50. The molecular weight excluding hydrogens is 187 g/mol. The van der Waals surface area contributed by atoms with Crippen LogP contribution in [0.15, 0.2) is 18.3 Å². The highest BCUT2D eigenvalue weighted by Gasteiger charge is 2.30. The van der Waals surface area contributed by atoms with Crippen LogP contribution in [0.2, 0.25) is 0 Å². The lowest BCUT2D eigenvalue weighted by Crippen LogP contribution is -2.05. The first-order chi connectivity index (χ1) is 6.04. The Morgan fingerprint density at radius 1 is 1.38 bits per heavy atom. The smallest absolute Gasteiger partial charge is 0.399 e. The Hall–Kier alpha value is -1.59. The van der Waals surface area contributed by atoms with E-state index in [1.54, 1.807) is 0 Å². The Bertz CT molecular complexity index is 294. The minimum Gasteiger partial charge on any atom is -0.399 e. The number of carbonyl (C=O) groups excluding carboxylic acids is 1. The molecule has 0 aliphatic carbocycles. The van der Waals surface area contributed by atoms with Crippen molar-refractivity contribution >= 4 is 6.47 Å². The zero-order valence-electron chi connectivity index (χ0n) is 6.13. The topological polar surface area (TPSA) is 39.2 Å². The van der Waals surface area contributed by atoms with E-state index in [9.17, 15) is 18.0 Å². The van der Waals surface area contributed by atoms with Crippen molar-refractivity contribution in [2.75, 3.05) is 0 Å². The number of ether oxygens (including phenoxy) is 1. The van der Waals surface area contributed by atoms with Gasteiger partial charge in [-0.05, 0) is 6.07 Å². The Morgan fingerprint density at radius 2 is 2.08 bits per heavy atom. The molecule has 0 saturated carbocycles. The van der Waals surface area contributed by atoms with Crippen molar-refractivity contribution in [2.24, 2.45) is 0 Å². The number of aromatic nitrogens is 1. The quantitative estimate of drug-likeness (QED) is 0.710. The summed E-state index contributed by atoms with van der Waals surface area (Å²) in [5, 5.41) is 0. The SMILES string of the molecule is O=[C]Oc1ccc(C(F)(F)F)cn1. The number of halogens is 3. The average Bonchev–Trinajstić information content (AvgIpc) is 2.04. The van der Waals surface area contributed by atoms with Crippen LogP contribution in [0.5, 0.6) is 5.88 Å². The van der Waals surface area contributed by atoms with Gasteiger partial charge in [-0.15, -0.1) is 0 Å². The van der Waals surface area contributed by atoms with Gasteiger partial charge in [-0.2, -0.15) is 13.2 Å². The highest BCUT2D eigenvalue weighted by molar-refractivity contribution is 5.43. The molecule has 1 heterocycles. The molecule has 0 spiro atoms. The second kappa shape index (κ2) is 3.42. The predicted molar refractivity (Wildman–Crippen MR) is 35.6 cm³/mol. The second-order valence-electron chi connectivity index (χ2n) is 2.07. The largest absolute Gasteiger partial charge is 0.424 e. The zero-order valence-corrected chi connectivity index (χ0v) is 6.13.